The maximum atomic E-state index is 12.7. The van der Waals surface area contributed by atoms with Gasteiger partial charge < -0.3 is 0 Å². The molecule has 21 heavy (non-hydrogen) atoms. The van der Waals surface area contributed by atoms with Gasteiger partial charge in [-0.25, -0.2) is 0 Å². The quantitative estimate of drug-likeness (QED) is 0.687. The van der Waals surface area contributed by atoms with Gasteiger partial charge in [0.15, 0.2) is 0 Å². The third-order valence-corrected chi connectivity index (χ3v) is 4.46. The summed E-state index contributed by atoms with van der Waals surface area (Å²) >= 11 is 0. The first-order chi connectivity index (χ1) is 9.58. The molecule has 1 heterocycles. The Balaban J connectivity index is 2.08. The predicted molar refractivity (Wildman–Crippen MR) is 82.3 cm³/mol. The first kappa shape index (κ1) is 14.3. The summed E-state index contributed by atoms with van der Waals surface area (Å²) in [6, 6.07) is 4.13. The Morgan fingerprint density at radius 3 is 2.14 bits per heavy atom. The molecule has 0 radical (unpaired) electrons. The zero-order valence-corrected chi connectivity index (χ0v) is 13.5. The second-order valence-corrected chi connectivity index (χ2v) is 8.18. The molecule has 0 saturated carbocycles. The van der Waals surface area contributed by atoms with E-state index in [2.05, 4.69) is 19.9 Å². The van der Waals surface area contributed by atoms with Crippen LogP contribution in [-0.4, -0.2) is 22.3 Å². The van der Waals surface area contributed by atoms with Crippen LogP contribution in [-0.2, 0) is 24.1 Å². The molecular formula is C18H23NO2. The number of imide groups is 1. The zero-order chi connectivity index (χ0) is 15.6. The summed E-state index contributed by atoms with van der Waals surface area (Å²) in [6.07, 6.45) is 2.37. The van der Waals surface area contributed by atoms with Gasteiger partial charge in [0.05, 0.1) is 6.42 Å². The Labute approximate surface area is 126 Å². The Bertz CT molecular complexity index is 650. The minimum Gasteiger partial charge on any atom is -0.274 e. The molecule has 0 bridgehead atoms. The van der Waals surface area contributed by atoms with Gasteiger partial charge in [-0.2, -0.15) is 0 Å². The van der Waals surface area contributed by atoms with Crippen LogP contribution >= 0.6 is 0 Å². The highest BCUT2D eigenvalue weighted by Gasteiger charge is 2.39. The van der Waals surface area contributed by atoms with Gasteiger partial charge in [0.25, 0.3) is 5.91 Å². The molecule has 1 aliphatic heterocycles. The van der Waals surface area contributed by atoms with Gasteiger partial charge in [-0.05, 0) is 61.8 Å². The SMILES string of the molecule is CC1(C)Cc2cc3c(cc2C1)C(=O)N(C(C)(C)C)C(=O)C3. The molecule has 2 aliphatic rings. The molecule has 1 aromatic carbocycles. The van der Waals surface area contributed by atoms with Crippen molar-refractivity contribution in [3.05, 3.63) is 34.4 Å². The van der Waals surface area contributed by atoms with E-state index < -0.39 is 5.54 Å². The van der Waals surface area contributed by atoms with Gasteiger partial charge in [0.1, 0.15) is 0 Å². The lowest BCUT2D eigenvalue weighted by molar-refractivity contribution is -0.132. The summed E-state index contributed by atoms with van der Waals surface area (Å²) in [6.45, 7) is 10.2. The van der Waals surface area contributed by atoms with Crippen molar-refractivity contribution in [1.29, 1.82) is 0 Å². The predicted octanol–water partition coefficient (Wildman–Crippen LogP) is 3.13. The molecule has 112 valence electrons. The fourth-order valence-corrected chi connectivity index (χ4v) is 3.66. The molecule has 1 aliphatic carbocycles. The van der Waals surface area contributed by atoms with E-state index in [9.17, 15) is 9.59 Å². The fourth-order valence-electron chi connectivity index (χ4n) is 3.66. The Morgan fingerprint density at radius 1 is 1.00 bits per heavy atom. The van der Waals surface area contributed by atoms with Crippen LogP contribution in [0.2, 0.25) is 0 Å². The molecule has 0 fully saturated rings. The fraction of sp³-hybridized carbons (Fsp3) is 0.556. The number of rotatable bonds is 0. The lowest BCUT2D eigenvalue weighted by atomic mass is 9.90. The average molecular weight is 285 g/mol. The smallest absolute Gasteiger partial charge is 0.261 e. The zero-order valence-electron chi connectivity index (χ0n) is 13.5. The number of fused-ring (bicyclic) bond motifs is 2. The minimum absolute atomic E-state index is 0.0859. The van der Waals surface area contributed by atoms with Crippen molar-refractivity contribution >= 4 is 11.8 Å². The number of hydrogen-bond donors (Lipinski definition) is 0. The van der Waals surface area contributed by atoms with Gasteiger partial charge in [-0.3, -0.25) is 14.5 Å². The second kappa shape index (κ2) is 4.19. The summed E-state index contributed by atoms with van der Waals surface area (Å²) in [5.74, 6) is -0.224. The van der Waals surface area contributed by atoms with Crippen molar-refractivity contribution in [1.82, 2.24) is 4.90 Å². The van der Waals surface area contributed by atoms with Crippen molar-refractivity contribution in [2.45, 2.75) is 59.4 Å². The molecule has 0 atom stereocenters. The maximum absolute atomic E-state index is 12.7. The summed E-state index contributed by atoms with van der Waals surface area (Å²) in [4.78, 5) is 26.5. The largest absolute Gasteiger partial charge is 0.274 e. The van der Waals surface area contributed by atoms with Crippen molar-refractivity contribution in [2.75, 3.05) is 0 Å². The number of carbonyl (C=O) groups excluding carboxylic acids is 2. The van der Waals surface area contributed by atoms with Gasteiger partial charge in [0, 0.05) is 11.1 Å². The van der Waals surface area contributed by atoms with E-state index in [-0.39, 0.29) is 17.2 Å². The summed E-state index contributed by atoms with van der Waals surface area (Å²) in [7, 11) is 0. The summed E-state index contributed by atoms with van der Waals surface area (Å²) < 4.78 is 0. The molecule has 3 heteroatoms. The first-order valence-corrected chi connectivity index (χ1v) is 7.61. The molecular weight excluding hydrogens is 262 g/mol. The second-order valence-electron chi connectivity index (χ2n) is 8.18. The highest BCUT2D eigenvalue weighted by Crippen LogP contribution is 2.39. The van der Waals surface area contributed by atoms with E-state index in [0.717, 1.165) is 24.0 Å². The van der Waals surface area contributed by atoms with Crippen LogP contribution in [0.3, 0.4) is 0 Å². The number of nitrogens with zero attached hydrogens (tertiary/aromatic N) is 1. The van der Waals surface area contributed by atoms with Crippen LogP contribution in [0.4, 0.5) is 0 Å². The average Bonchev–Trinajstić information content (AvgIpc) is 2.57. The first-order valence-electron chi connectivity index (χ1n) is 7.61. The maximum Gasteiger partial charge on any atom is 0.261 e. The Hall–Kier alpha value is -1.64. The van der Waals surface area contributed by atoms with Crippen molar-refractivity contribution in [2.24, 2.45) is 5.41 Å². The van der Waals surface area contributed by atoms with Gasteiger partial charge in [0.2, 0.25) is 5.91 Å². The molecule has 0 aromatic heterocycles. The van der Waals surface area contributed by atoms with Crippen LogP contribution in [0.25, 0.3) is 0 Å². The van der Waals surface area contributed by atoms with Gasteiger partial charge in [-0.15, -0.1) is 0 Å². The van der Waals surface area contributed by atoms with E-state index in [1.165, 1.54) is 16.0 Å². The molecule has 0 saturated heterocycles. The van der Waals surface area contributed by atoms with Crippen molar-refractivity contribution in [3.63, 3.8) is 0 Å². The molecule has 1 aromatic rings. The molecule has 3 nitrogen and oxygen atoms in total. The van der Waals surface area contributed by atoms with Crippen LogP contribution in [0.1, 0.15) is 61.7 Å². The summed E-state index contributed by atoms with van der Waals surface area (Å²) in [5, 5.41) is 0. The van der Waals surface area contributed by atoms with E-state index >= 15 is 0 Å². The monoisotopic (exact) mass is 285 g/mol. The molecule has 0 unspecified atom stereocenters. The lowest BCUT2D eigenvalue weighted by Gasteiger charge is -2.37. The van der Waals surface area contributed by atoms with Crippen molar-refractivity contribution in [3.8, 4) is 0 Å². The Kier molecular flexibility index (Phi) is 2.85. The Morgan fingerprint density at radius 2 is 1.57 bits per heavy atom. The summed E-state index contributed by atoms with van der Waals surface area (Å²) in [5.41, 5.74) is 3.99. The molecule has 2 amide bonds. The number of amides is 2. The van der Waals surface area contributed by atoms with E-state index in [1.54, 1.807) is 0 Å². The molecule has 3 rings (SSSR count). The number of benzene rings is 1. The molecule has 0 N–H and O–H groups in total. The van der Waals surface area contributed by atoms with E-state index in [4.69, 9.17) is 0 Å². The van der Waals surface area contributed by atoms with Crippen LogP contribution in [0, 0.1) is 5.41 Å². The van der Waals surface area contributed by atoms with Crippen LogP contribution in [0.5, 0.6) is 0 Å². The number of hydrogen-bond acceptors (Lipinski definition) is 2. The lowest BCUT2D eigenvalue weighted by Crippen LogP contribution is -2.52. The van der Waals surface area contributed by atoms with Gasteiger partial charge in [-0.1, -0.05) is 19.9 Å². The van der Waals surface area contributed by atoms with Crippen molar-refractivity contribution < 1.29 is 9.59 Å². The van der Waals surface area contributed by atoms with E-state index in [1.807, 2.05) is 26.8 Å². The normalized spacial score (nSPS) is 20.5. The number of carbonyl (C=O) groups is 2. The van der Waals surface area contributed by atoms with Crippen LogP contribution in [0.15, 0.2) is 12.1 Å². The minimum atomic E-state index is -0.468. The van der Waals surface area contributed by atoms with E-state index in [0.29, 0.717) is 6.42 Å². The third-order valence-electron chi connectivity index (χ3n) is 4.46. The van der Waals surface area contributed by atoms with Gasteiger partial charge >= 0.3 is 0 Å². The van der Waals surface area contributed by atoms with Crippen LogP contribution < -0.4 is 0 Å². The molecule has 0 spiro atoms. The third kappa shape index (κ3) is 2.29. The topological polar surface area (TPSA) is 37.4 Å². The highest BCUT2D eigenvalue weighted by molar-refractivity contribution is 6.10. The highest BCUT2D eigenvalue weighted by atomic mass is 16.2. The standard InChI is InChI=1S/C18H23NO2/c1-17(2,3)19-15(20)8-11-6-12-9-18(4,5)10-13(12)7-14(11)16(19)21/h6-7H,8-10H2,1-5H3.